The first-order chi connectivity index (χ1) is 6.31. The Morgan fingerprint density at radius 3 is 2.36 bits per heavy atom. The van der Waals surface area contributed by atoms with Crippen molar-refractivity contribution >= 4 is 8.07 Å². The summed E-state index contributed by atoms with van der Waals surface area (Å²) >= 11 is 0. The van der Waals surface area contributed by atoms with Crippen LogP contribution in [0.1, 0.15) is 27.2 Å². The summed E-state index contributed by atoms with van der Waals surface area (Å²) in [6.07, 6.45) is 6.63. The smallest absolute Gasteiger partial charge is 0.0592 e. The Morgan fingerprint density at radius 1 is 1.21 bits per heavy atom. The molecule has 0 N–H and O–H groups in total. The van der Waals surface area contributed by atoms with Gasteiger partial charge in [-0.05, 0) is 34.3 Å². The first-order valence-corrected chi connectivity index (χ1v) is 9.15. The summed E-state index contributed by atoms with van der Waals surface area (Å²) in [7, 11) is -0.963. The molecular formula is C13H22Si. The lowest BCUT2D eigenvalue weighted by molar-refractivity contribution is 0.218. The van der Waals surface area contributed by atoms with Gasteiger partial charge in [-0.1, -0.05) is 46.0 Å². The van der Waals surface area contributed by atoms with E-state index < -0.39 is 8.07 Å². The Hall–Kier alpha value is -0.0431. The average molecular weight is 206 g/mol. The third-order valence-corrected chi connectivity index (χ3v) is 10.4. The van der Waals surface area contributed by atoms with Crippen LogP contribution in [0.2, 0.25) is 24.2 Å². The van der Waals surface area contributed by atoms with E-state index in [1.807, 2.05) is 0 Å². The minimum absolute atomic E-state index is 0.549. The molecule has 1 heterocycles. The van der Waals surface area contributed by atoms with Crippen molar-refractivity contribution in [3.63, 3.8) is 0 Å². The van der Waals surface area contributed by atoms with Gasteiger partial charge in [-0.3, -0.25) is 0 Å². The van der Waals surface area contributed by atoms with Crippen LogP contribution in [0, 0.1) is 16.7 Å². The fraction of sp³-hybridized carbons (Fsp3) is 0.846. The normalized spacial score (nSPS) is 52.2. The molecule has 0 aromatic rings. The standard InChI is InChI=1S/C13H22Si/c1-12(2,3)11-13-8-9(13)6-7-10(13)14(11,4)5/h6-7,9-11H,8H2,1-5H3. The Morgan fingerprint density at radius 2 is 1.86 bits per heavy atom. The molecule has 2 aliphatic carbocycles. The second kappa shape index (κ2) is 2.06. The van der Waals surface area contributed by atoms with E-state index in [1.165, 1.54) is 6.42 Å². The van der Waals surface area contributed by atoms with Crippen LogP contribution < -0.4 is 0 Å². The van der Waals surface area contributed by atoms with Gasteiger partial charge in [-0.25, -0.2) is 0 Å². The molecule has 1 saturated carbocycles. The maximum Gasteiger partial charge on any atom is 0.0592 e. The highest BCUT2D eigenvalue weighted by atomic mass is 28.3. The Kier molecular flexibility index (Phi) is 1.36. The van der Waals surface area contributed by atoms with Gasteiger partial charge in [0.05, 0.1) is 8.07 Å². The highest BCUT2D eigenvalue weighted by Crippen LogP contribution is 2.86. The molecule has 0 amide bonds. The maximum absolute atomic E-state index is 2.61. The molecule has 3 rings (SSSR count). The van der Waals surface area contributed by atoms with Gasteiger partial charge in [0.25, 0.3) is 0 Å². The van der Waals surface area contributed by atoms with Gasteiger partial charge in [0.2, 0.25) is 0 Å². The van der Waals surface area contributed by atoms with Gasteiger partial charge in [0.1, 0.15) is 0 Å². The molecule has 1 aliphatic heterocycles. The van der Waals surface area contributed by atoms with Crippen molar-refractivity contribution < 1.29 is 0 Å². The second-order valence-corrected chi connectivity index (χ2v) is 12.2. The molecule has 0 aromatic carbocycles. The van der Waals surface area contributed by atoms with E-state index in [4.69, 9.17) is 0 Å². The molecule has 2 fully saturated rings. The minimum Gasteiger partial charge on any atom is -0.0872 e. The Labute approximate surface area is 88.8 Å². The van der Waals surface area contributed by atoms with Crippen molar-refractivity contribution in [3.8, 4) is 0 Å². The van der Waals surface area contributed by atoms with E-state index in [2.05, 4.69) is 46.0 Å². The summed E-state index contributed by atoms with van der Waals surface area (Å²) in [5, 5.41) is 0. The third kappa shape index (κ3) is 0.743. The summed E-state index contributed by atoms with van der Waals surface area (Å²) in [5.41, 5.74) is 3.43. The number of rotatable bonds is 0. The molecule has 1 spiro atoms. The SMILES string of the molecule is CC(C)(C)C1C23CC2C=CC3[Si]1(C)C. The van der Waals surface area contributed by atoms with Crippen LogP contribution in [0.5, 0.6) is 0 Å². The fourth-order valence-corrected chi connectivity index (χ4v) is 12.2. The monoisotopic (exact) mass is 206 g/mol. The third-order valence-electron chi connectivity index (χ3n) is 5.17. The van der Waals surface area contributed by atoms with Gasteiger partial charge in [-0.15, -0.1) is 0 Å². The van der Waals surface area contributed by atoms with Crippen molar-refractivity contribution in [1.82, 2.24) is 0 Å². The van der Waals surface area contributed by atoms with Crippen molar-refractivity contribution in [1.29, 1.82) is 0 Å². The Balaban J connectivity index is 2.01. The van der Waals surface area contributed by atoms with Crippen molar-refractivity contribution in [2.45, 2.75) is 51.4 Å². The largest absolute Gasteiger partial charge is 0.0872 e. The van der Waals surface area contributed by atoms with E-state index in [1.54, 1.807) is 0 Å². The highest BCUT2D eigenvalue weighted by molar-refractivity contribution is 6.84. The molecule has 0 aromatic heterocycles. The van der Waals surface area contributed by atoms with Gasteiger partial charge in [0.15, 0.2) is 0 Å². The van der Waals surface area contributed by atoms with Crippen LogP contribution in [0.25, 0.3) is 0 Å². The van der Waals surface area contributed by atoms with Crippen LogP contribution in [0.3, 0.4) is 0 Å². The molecule has 78 valence electrons. The van der Waals surface area contributed by atoms with Gasteiger partial charge < -0.3 is 0 Å². The molecule has 1 saturated heterocycles. The lowest BCUT2D eigenvalue weighted by Gasteiger charge is -2.62. The summed E-state index contributed by atoms with van der Waals surface area (Å²) in [6.45, 7) is 12.6. The zero-order valence-electron chi connectivity index (χ0n) is 10.1. The molecule has 14 heavy (non-hydrogen) atoms. The fourth-order valence-electron chi connectivity index (χ4n) is 5.50. The molecule has 3 aliphatic rings. The zero-order valence-corrected chi connectivity index (χ0v) is 11.1. The maximum atomic E-state index is 2.61. The first-order valence-electron chi connectivity index (χ1n) is 5.99. The predicted octanol–water partition coefficient (Wildman–Crippen LogP) is 4.07. The number of hydrogen-bond donors (Lipinski definition) is 0. The van der Waals surface area contributed by atoms with Crippen LogP contribution >= 0.6 is 0 Å². The Bertz CT molecular complexity index is 321. The summed E-state index contributed by atoms with van der Waals surface area (Å²) < 4.78 is 0. The predicted molar refractivity (Wildman–Crippen MR) is 64.1 cm³/mol. The average Bonchev–Trinajstić information content (AvgIpc) is 2.54. The van der Waals surface area contributed by atoms with Crippen LogP contribution in [-0.4, -0.2) is 8.07 Å². The zero-order chi connectivity index (χ0) is 10.4. The van der Waals surface area contributed by atoms with E-state index in [9.17, 15) is 0 Å². The summed E-state index contributed by atoms with van der Waals surface area (Å²) in [4.78, 5) is 0. The van der Waals surface area contributed by atoms with Crippen molar-refractivity contribution in [2.24, 2.45) is 16.7 Å². The summed E-state index contributed by atoms with van der Waals surface area (Å²) in [5.74, 6) is 0.984. The molecule has 0 nitrogen and oxygen atoms in total. The number of allylic oxidation sites excluding steroid dienone is 2. The van der Waals surface area contributed by atoms with E-state index in [-0.39, 0.29) is 0 Å². The van der Waals surface area contributed by atoms with E-state index in [0.717, 1.165) is 22.4 Å². The van der Waals surface area contributed by atoms with Crippen LogP contribution in [0.15, 0.2) is 12.2 Å². The molecular weight excluding hydrogens is 184 g/mol. The van der Waals surface area contributed by atoms with Crippen molar-refractivity contribution in [2.75, 3.05) is 0 Å². The van der Waals surface area contributed by atoms with E-state index in [0.29, 0.717) is 5.41 Å². The molecule has 4 atom stereocenters. The quantitative estimate of drug-likeness (QED) is 0.414. The summed E-state index contributed by atoms with van der Waals surface area (Å²) in [6, 6.07) is 0. The lowest BCUT2D eigenvalue weighted by Crippen LogP contribution is -2.60. The second-order valence-electron chi connectivity index (χ2n) is 7.41. The van der Waals surface area contributed by atoms with Gasteiger partial charge in [-0.2, -0.15) is 0 Å². The highest BCUT2D eigenvalue weighted by Gasteiger charge is 2.79. The van der Waals surface area contributed by atoms with Crippen molar-refractivity contribution in [3.05, 3.63) is 12.2 Å². The van der Waals surface area contributed by atoms with Crippen LogP contribution in [0.4, 0.5) is 0 Å². The topological polar surface area (TPSA) is 0 Å². The molecule has 0 radical (unpaired) electrons. The molecule has 1 heteroatoms. The minimum atomic E-state index is -0.963. The van der Waals surface area contributed by atoms with E-state index >= 15 is 0 Å². The van der Waals surface area contributed by atoms with Gasteiger partial charge in [0, 0.05) is 0 Å². The van der Waals surface area contributed by atoms with Gasteiger partial charge >= 0.3 is 0 Å². The first kappa shape index (κ1) is 9.20. The van der Waals surface area contributed by atoms with Crippen LogP contribution in [-0.2, 0) is 0 Å². The molecule has 0 bridgehead atoms. The molecule has 4 unspecified atom stereocenters. The lowest BCUT2D eigenvalue weighted by atomic mass is 9.78. The number of hydrogen-bond acceptors (Lipinski definition) is 0.